The van der Waals surface area contributed by atoms with Gasteiger partial charge in [0.05, 0.1) is 12.7 Å². The van der Waals surface area contributed by atoms with Crippen LogP contribution in [-0.2, 0) is 17.8 Å². The first-order valence-electron chi connectivity index (χ1n) is 8.55. The first-order valence-corrected chi connectivity index (χ1v) is 9.36. The van der Waals surface area contributed by atoms with Gasteiger partial charge in [-0.15, -0.1) is 0 Å². The van der Waals surface area contributed by atoms with Crippen molar-refractivity contribution >= 4 is 18.0 Å². The molecule has 4 rings (SSSR count). The first kappa shape index (κ1) is 17.9. The average Bonchev–Trinajstić information content (AvgIpc) is 2.83. The van der Waals surface area contributed by atoms with Crippen LogP contribution in [0.4, 0.5) is 8.78 Å². The highest BCUT2D eigenvalue weighted by atomic mass is 32.2. The highest BCUT2D eigenvalue weighted by Gasteiger charge is 2.24. The van der Waals surface area contributed by atoms with E-state index in [-0.39, 0.29) is 18.3 Å². The van der Waals surface area contributed by atoms with E-state index in [0.29, 0.717) is 12.0 Å². The summed E-state index contributed by atoms with van der Waals surface area (Å²) in [4.78, 5) is 13.1. The molecule has 0 amide bonds. The molecule has 1 atom stereocenters. The van der Waals surface area contributed by atoms with Gasteiger partial charge in [-0.25, -0.2) is 8.78 Å². The van der Waals surface area contributed by atoms with Gasteiger partial charge in [-0.1, -0.05) is 48.2 Å². The highest BCUT2D eigenvalue weighted by molar-refractivity contribution is 7.99. The quantitative estimate of drug-likeness (QED) is 0.538. The molecule has 0 N–H and O–H groups in total. The van der Waals surface area contributed by atoms with Crippen LogP contribution in [0.5, 0.6) is 0 Å². The molecule has 3 aromatic rings. The number of halogens is 2. The molecule has 0 aliphatic carbocycles. The second-order valence-electron chi connectivity index (χ2n) is 6.33. The van der Waals surface area contributed by atoms with Crippen molar-refractivity contribution in [3.05, 3.63) is 94.6 Å². The molecule has 0 aromatic heterocycles. The van der Waals surface area contributed by atoms with E-state index in [2.05, 4.69) is 0 Å². The predicted molar refractivity (Wildman–Crippen MR) is 100.0 cm³/mol. The largest absolute Gasteiger partial charge is 0.368 e. The lowest BCUT2D eigenvalue weighted by Crippen LogP contribution is -2.10. The summed E-state index contributed by atoms with van der Waals surface area (Å²) in [5, 5.41) is 0. The Morgan fingerprint density at radius 1 is 1.00 bits per heavy atom. The maximum atomic E-state index is 13.9. The van der Waals surface area contributed by atoms with Gasteiger partial charge in [0.25, 0.3) is 0 Å². The Morgan fingerprint density at radius 3 is 2.56 bits per heavy atom. The van der Waals surface area contributed by atoms with Crippen molar-refractivity contribution in [1.82, 2.24) is 0 Å². The summed E-state index contributed by atoms with van der Waals surface area (Å²) in [5.41, 5.74) is 2.57. The molecule has 1 aliphatic heterocycles. The summed E-state index contributed by atoms with van der Waals surface area (Å²) in [6, 6.07) is 17.2. The molecule has 0 radical (unpaired) electrons. The minimum atomic E-state index is -0.609. The van der Waals surface area contributed by atoms with Crippen LogP contribution >= 0.6 is 11.8 Å². The van der Waals surface area contributed by atoms with Gasteiger partial charge in [-0.3, -0.25) is 4.79 Å². The van der Waals surface area contributed by atoms with Crippen molar-refractivity contribution in [1.29, 1.82) is 0 Å². The lowest BCUT2D eigenvalue weighted by molar-refractivity contribution is 0.0350. The first-order chi connectivity index (χ1) is 13.2. The zero-order valence-corrected chi connectivity index (χ0v) is 15.1. The molecule has 27 heavy (non-hydrogen) atoms. The van der Waals surface area contributed by atoms with Gasteiger partial charge in [0.15, 0.2) is 0 Å². The molecule has 0 fully saturated rings. The van der Waals surface area contributed by atoms with Crippen molar-refractivity contribution < 1.29 is 18.3 Å². The van der Waals surface area contributed by atoms with Crippen molar-refractivity contribution in [2.45, 2.75) is 28.9 Å². The van der Waals surface area contributed by atoms with Gasteiger partial charge in [-0.05, 0) is 35.4 Å². The fourth-order valence-corrected chi connectivity index (χ4v) is 4.36. The Morgan fingerprint density at radius 2 is 1.78 bits per heavy atom. The summed E-state index contributed by atoms with van der Waals surface area (Å²) < 4.78 is 33.9. The molecule has 5 heteroatoms. The van der Waals surface area contributed by atoms with Gasteiger partial charge in [0.1, 0.15) is 17.9 Å². The maximum absolute atomic E-state index is 13.9. The molecule has 0 saturated heterocycles. The van der Waals surface area contributed by atoms with Crippen LogP contribution in [-0.4, -0.2) is 6.29 Å². The number of benzene rings is 3. The van der Waals surface area contributed by atoms with Gasteiger partial charge in [-0.2, -0.15) is 0 Å². The van der Waals surface area contributed by atoms with E-state index >= 15 is 0 Å². The topological polar surface area (TPSA) is 26.3 Å². The average molecular weight is 382 g/mol. The standard InChI is InChI=1S/C22H16F2O2S/c23-18-5-3-6-19(24)17(18)13-26-20-11-15-9-8-14(12-25)10-22(15)27-21-7-2-1-4-16(20)21/h1-10,12,20H,11,13H2. The number of hydrogen-bond donors (Lipinski definition) is 0. The molecule has 0 spiro atoms. The minimum absolute atomic E-state index is 0.0663. The monoisotopic (exact) mass is 382 g/mol. The number of carbonyl (C=O) groups excluding carboxylic acids is 1. The van der Waals surface area contributed by atoms with Gasteiger partial charge < -0.3 is 4.74 Å². The van der Waals surface area contributed by atoms with E-state index in [0.717, 1.165) is 27.2 Å². The number of hydrogen-bond acceptors (Lipinski definition) is 3. The highest BCUT2D eigenvalue weighted by Crippen LogP contribution is 2.42. The van der Waals surface area contributed by atoms with Gasteiger partial charge in [0.2, 0.25) is 0 Å². The van der Waals surface area contributed by atoms with Gasteiger partial charge in [0, 0.05) is 27.3 Å². The second kappa shape index (κ2) is 7.62. The number of rotatable bonds is 4. The van der Waals surface area contributed by atoms with E-state index in [4.69, 9.17) is 4.74 Å². The number of carbonyl (C=O) groups is 1. The molecule has 1 unspecified atom stereocenters. The predicted octanol–water partition coefficient (Wildman–Crippen LogP) is 5.74. The van der Waals surface area contributed by atoms with E-state index in [1.54, 1.807) is 17.8 Å². The van der Waals surface area contributed by atoms with Crippen molar-refractivity contribution in [3.63, 3.8) is 0 Å². The van der Waals surface area contributed by atoms with Crippen molar-refractivity contribution in [2.75, 3.05) is 0 Å². The summed E-state index contributed by atoms with van der Waals surface area (Å²) in [6.07, 6.45) is 1.05. The van der Waals surface area contributed by atoms with E-state index in [1.165, 1.54) is 18.2 Å². The lowest BCUT2D eigenvalue weighted by Gasteiger charge is -2.19. The Hall–Kier alpha value is -2.50. The Bertz CT molecular complexity index is 983. The van der Waals surface area contributed by atoms with Crippen LogP contribution in [0.2, 0.25) is 0 Å². The summed E-state index contributed by atoms with van der Waals surface area (Å²) in [5.74, 6) is -1.22. The molecular formula is C22H16F2O2S. The van der Waals surface area contributed by atoms with Crippen LogP contribution in [0, 0.1) is 11.6 Å². The van der Waals surface area contributed by atoms with Crippen LogP contribution < -0.4 is 0 Å². The minimum Gasteiger partial charge on any atom is -0.368 e. The number of fused-ring (bicyclic) bond motifs is 2. The zero-order chi connectivity index (χ0) is 18.8. The Labute approximate surface area is 160 Å². The Kier molecular flexibility index (Phi) is 5.05. The smallest absolute Gasteiger partial charge is 0.150 e. The van der Waals surface area contributed by atoms with E-state index in [1.807, 2.05) is 36.4 Å². The molecule has 1 heterocycles. The summed E-state index contributed by atoms with van der Waals surface area (Å²) >= 11 is 1.58. The number of ether oxygens (including phenoxy) is 1. The molecule has 2 nitrogen and oxygen atoms in total. The van der Waals surface area contributed by atoms with E-state index < -0.39 is 11.6 Å². The van der Waals surface area contributed by atoms with Crippen LogP contribution in [0.3, 0.4) is 0 Å². The SMILES string of the molecule is O=Cc1ccc2c(c1)Sc1ccccc1C(OCc1c(F)cccc1F)C2. The molecule has 3 aromatic carbocycles. The van der Waals surface area contributed by atoms with Crippen molar-refractivity contribution in [2.24, 2.45) is 0 Å². The van der Waals surface area contributed by atoms with Crippen LogP contribution in [0.25, 0.3) is 0 Å². The van der Waals surface area contributed by atoms with Gasteiger partial charge >= 0.3 is 0 Å². The summed E-state index contributed by atoms with van der Waals surface area (Å²) in [7, 11) is 0. The molecule has 0 saturated carbocycles. The van der Waals surface area contributed by atoms with Crippen LogP contribution in [0.15, 0.2) is 70.5 Å². The van der Waals surface area contributed by atoms with E-state index in [9.17, 15) is 13.6 Å². The number of aldehydes is 1. The van der Waals surface area contributed by atoms with Crippen LogP contribution in [0.1, 0.15) is 33.2 Å². The fraction of sp³-hybridized carbons (Fsp3) is 0.136. The van der Waals surface area contributed by atoms with Crippen molar-refractivity contribution in [3.8, 4) is 0 Å². The summed E-state index contributed by atoms with van der Waals surface area (Å²) in [6.45, 7) is -0.149. The normalized spacial score (nSPS) is 15.6. The third kappa shape index (κ3) is 3.66. The second-order valence-corrected chi connectivity index (χ2v) is 7.41. The molecular weight excluding hydrogens is 366 g/mol. The fourth-order valence-electron chi connectivity index (χ4n) is 3.18. The maximum Gasteiger partial charge on any atom is 0.150 e. The molecule has 0 bridgehead atoms. The molecule has 1 aliphatic rings. The third-order valence-electron chi connectivity index (χ3n) is 4.61. The zero-order valence-electron chi connectivity index (χ0n) is 14.3. The Balaban J connectivity index is 1.68. The molecule has 136 valence electrons. The third-order valence-corrected chi connectivity index (χ3v) is 5.80. The lowest BCUT2D eigenvalue weighted by atomic mass is 10.0.